The quantitative estimate of drug-likeness (QED) is 0.779. The van der Waals surface area contributed by atoms with Gasteiger partial charge in [0, 0.05) is 24.9 Å². The first kappa shape index (κ1) is 11.3. The number of nitrogens with zero attached hydrogens (tertiary/aromatic N) is 3. The standard InChI is InChI=1S/C12H18ClN3O/c13-7-5-11-14-15-12(17-11)16-8-6-9-3-1-2-4-10(9)16/h9-10H,1-8H2. The fraction of sp³-hybridized carbons (Fsp3) is 0.833. The van der Waals surface area contributed by atoms with Gasteiger partial charge in [0.2, 0.25) is 5.89 Å². The van der Waals surface area contributed by atoms with Crippen LogP contribution in [0.4, 0.5) is 6.01 Å². The molecule has 3 rings (SSSR count). The Morgan fingerprint density at radius 1 is 1.24 bits per heavy atom. The molecule has 2 heterocycles. The van der Waals surface area contributed by atoms with Crippen molar-refractivity contribution in [3.63, 3.8) is 0 Å². The Bertz CT molecular complexity index is 382. The highest BCUT2D eigenvalue weighted by molar-refractivity contribution is 6.17. The van der Waals surface area contributed by atoms with Crippen molar-refractivity contribution >= 4 is 17.6 Å². The van der Waals surface area contributed by atoms with Gasteiger partial charge in [-0.25, -0.2) is 0 Å². The first-order valence-corrected chi connectivity index (χ1v) is 7.07. The van der Waals surface area contributed by atoms with Crippen LogP contribution in [-0.4, -0.2) is 28.7 Å². The lowest BCUT2D eigenvalue weighted by molar-refractivity contribution is 0.334. The van der Waals surface area contributed by atoms with Crippen LogP contribution in [0.1, 0.15) is 38.0 Å². The molecule has 1 saturated carbocycles. The predicted molar refractivity (Wildman–Crippen MR) is 66.4 cm³/mol. The van der Waals surface area contributed by atoms with Crippen LogP contribution in [0.25, 0.3) is 0 Å². The average Bonchev–Trinajstić information content (AvgIpc) is 2.95. The van der Waals surface area contributed by atoms with Crippen molar-refractivity contribution in [3.8, 4) is 0 Å². The summed E-state index contributed by atoms with van der Waals surface area (Å²) in [6, 6.07) is 1.34. The minimum atomic E-state index is 0.535. The summed E-state index contributed by atoms with van der Waals surface area (Å²) in [4.78, 5) is 2.31. The Morgan fingerprint density at radius 3 is 3.00 bits per heavy atom. The summed E-state index contributed by atoms with van der Waals surface area (Å²) in [5.41, 5.74) is 0. The van der Waals surface area contributed by atoms with Crippen molar-refractivity contribution < 1.29 is 4.42 Å². The van der Waals surface area contributed by atoms with Crippen molar-refractivity contribution in [1.82, 2.24) is 10.2 Å². The van der Waals surface area contributed by atoms with Crippen LogP contribution in [0.5, 0.6) is 0 Å². The monoisotopic (exact) mass is 255 g/mol. The highest BCUT2D eigenvalue weighted by Gasteiger charge is 2.37. The van der Waals surface area contributed by atoms with Gasteiger partial charge in [0.15, 0.2) is 0 Å². The van der Waals surface area contributed by atoms with Gasteiger partial charge < -0.3 is 9.32 Å². The SMILES string of the molecule is ClCCc1nnc(N2CCC3CCCCC32)o1. The largest absolute Gasteiger partial charge is 0.408 e. The molecule has 2 aliphatic rings. The fourth-order valence-electron chi connectivity index (χ4n) is 3.19. The highest BCUT2D eigenvalue weighted by atomic mass is 35.5. The summed E-state index contributed by atoms with van der Waals surface area (Å²) in [6.45, 7) is 1.07. The van der Waals surface area contributed by atoms with E-state index >= 15 is 0 Å². The maximum atomic E-state index is 5.68. The third-order valence-corrected chi connectivity index (χ3v) is 4.21. The number of rotatable bonds is 3. The normalized spacial score (nSPS) is 28.4. The van der Waals surface area contributed by atoms with Crippen LogP contribution in [0.3, 0.4) is 0 Å². The Morgan fingerprint density at radius 2 is 2.12 bits per heavy atom. The predicted octanol–water partition coefficient (Wildman–Crippen LogP) is 2.62. The van der Waals surface area contributed by atoms with Crippen molar-refractivity contribution in [1.29, 1.82) is 0 Å². The first-order chi connectivity index (χ1) is 8.38. The lowest BCUT2D eigenvalue weighted by Crippen LogP contribution is -2.34. The second-order valence-corrected chi connectivity index (χ2v) is 5.39. The maximum Gasteiger partial charge on any atom is 0.318 e. The first-order valence-electron chi connectivity index (χ1n) is 6.53. The van der Waals surface area contributed by atoms with E-state index in [9.17, 15) is 0 Å². The van der Waals surface area contributed by atoms with Gasteiger partial charge in [-0.05, 0) is 25.2 Å². The van der Waals surface area contributed by atoms with Crippen LogP contribution in [0.15, 0.2) is 4.42 Å². The van der Waals surface area contributed by atoms with E-state index in [0.29, 0.717) is 30.2 Å². The van der Waals surface area contributed by atoms with Crippen molar-refractivity contribution in [2.45, 2.75) is 44.6 Å². The molecule has 0 N–H and O–H groups in total. The molecule has 0 aromatic carbocycles. The van der Waals surface area contributed by atoms with E-state index in [2.05, 4.69) is 15.1 Å². The average molecular weight is 256 g/mol. The van der Waals surface area contributed by atoms with E-state index in [1.807, 2.05) is 0 Å². The summed E-state index contributed by atoms with van der Waals surface area (Å²) in [5.74, 6) is 2.04. The van der Waals surface area contributed by atoms with Crippen LogP contribution in [0, 0.1) is 5.92 Å². The third-order valence-electron chi connectivity index (χ3n) is 4.02. The summed E-state index contributed by atoms with van der Waals surface area (Å²) in [7, 11) is 0. The molecule has 1 aromatic rings. The Hall–Kier alpha value is -0.770. The maximum absolute atomic E-state index is 5.68. The van der Waals surface area contributed by atoms with Crippen LogP contribution in [-0.2, 0) is 6.42 Å². The smallest absolute Gasteiger partial charge is 0.318 e. The zero-order chi connectivity index (χ0) is 11.7. The van der Waals surface area contributed by atoms with Gasteiger partial charge in [0.1, 0.15) is 0 Å². The molecule has 4 nitrogen and oxygen atoms in total. The minimum absolute atomic E-state index is 0.535. The van der Waals surface area contributed by atoms with Crippen LogP contribution in [0.2, 0.25) is 0 Å². The number of aryl methyl sites for hydroxylation is 1. The van der Waals surface area contributed by atoms with E-state index < -0.39 is 0 Å². The van der Waals surface area contributed by atoms with Gasteiger partial charge in [-0.1, -0.05) is 17.9 Å². The molecular weight excluding hydrogens is 238 g/mol. The summed E-state index contributed by atoms with van der Waals surface area (Å²) in [6.07, 6.45) is 7.30. The van der Waals surface area contributed by atoms with Crippen LogP contribution < -0.4 is 4.90 Å². The summed E-state index contributed by atoms with van der Waals surface area (Å²) in [5, 5.41) is 8.20. The van der Waals surface area contributed by atoms with E-state index in [1.54, 1.807) is 0 Å². The Balaban J connectivity index is 1.74. The number of halogens is 1. The zero-order valence-electron chi connectivity index (χ0n) is 9.94. The Labute approximate surface area is 106 Å². The van der Waals surface area contributed by atoms with Gasteiger partial charge in [-0.15, -0.1) is 16.7 Å². The fourth-order valence-corrected chi connectivity index (χ4v) is 3.35. The van der Waals surface area contributed by atoms with Gasteiger partial charge in [-0.2, -0.15) is 0 Å². The van der Waals surface area contributed by atoms with Gasteiger partial charge in [-0.3, -0.25) is 0 Å². The topological polar surface area (TPSA) is 42.2 Å². The molecule has 1 aliphatic carbocycles. The molecule has 1 saturated heterocycles. The minimum Gasteiger partial charge on any atom is -0.408 e. The second kappa shape index (κ2) is 4.84. The number of hydrogen-bond donors (Lipinski definition) is 0. The number of hydrogen-bond acceptors (Lipinski definition) is 4. The molecule has 0 spiro atoms. The molecule has 1 aliphatic heterocycles. The number of anilines is 1. The van der Waals surface area contributed by atoms with Gasteiger partial charge >= 0.3 is 6.01 Å². The third kappa shape index (κ3) is 2.15. The number of aromatic nitrogens is 2. The lowest BCUT2D eigenvalue weighted by atomic mass is 9.85. The number of fused-ring (bicyclic) bond motifs is 1. The van der Waals surface area contributed by atoms with Gasteiger partial charge in [0.05, 0.1) is 0 Å². The highest BCUT2D eigenvalue weighted by Crippen LogP contribution is 2.38. The molecule has 1 aromatic heterocycles. The lowest BCUT2D eigenvalue weighted by Gasteiger charge is -2.30. The molecule has 5 heteroatoms. The molecule has 0 radical (unpaired) electrons. The van der Waals surface area contributed by atoms with E-state index in [-0.39, 0.29) is 0 Å². The molecule has 94 valence electrons. The molecule has 0 amide bonds. The zero-order valence-corrected chi connectivity index (χ0v) is 10.7. The van der Waals surface area contributed by atoms with E-state index in [0.717, 1.165) is 12.5 Å². The van der Waals surface area contributed by atoms with E-state index in [4.69, 9.17) is 16.0 Å². The molecular formula is C12H18ClN3O. The van der Waals surface area contributed by atoms with Crippen LogP contribution >= 0.6 is 11.6 Å². The summed E-state index contributed by atoms with van der Waals surface area (Å²) >= 11 is 5.67. The number of alkyl halides is 1. The van der Waals surface area contributed by atoms with Crippen molar-refractivity contribution in [3.05, 3.63) is 5.89 Å². The molecule has 0 bridgehead atoms. The van der Waals surface area contributed by atoms with Gasteiger partial charge in [0.25, 0.3) is 0 Å². The molecule has 2 fully saturated rings. The Kier molecular flexibility index (Phi) is 3.23. The van der Waals surface area contributed by atoms with E-state index in [1.165, 1.54) is 32.1 Å². The summed E-state index contributed by atoms with van der Waals surface area (Å²) < 4.78 is 5.68. The van der Waals surface area contributed by atoms with Crippen molar-refractivity contribution in [2.75, 3.05) is 17.3 Å². The molecule has 17 heavy (non-hydrogen) atoms. The van der Waals surface area contributed by atoms with Crippen molar-refractivity contribution in [2.24, 2.45) is 5.92 Å². The second-order valence-electron chi connectivity index (χ2n) is 5.01. The molecule has 2 atom stereocenters. The molecule has 2 unspecified atom stereocenters.